The van der Waals surface area contributed by atoms with Crippen LogP contribution in [0.4, 0.5) is 8.78 Å². The van der Waals surface area contributed by atoms with Crippen molar-refractivity contribution < 1.29 is 13.5 Å². The molecule has 0 aliphatic rings. The second-order valence-corrected chi connectivity index (χ2v) is 3.80. The molecule has 0 radical (unpaired) electrons. The van der Waals surface area contributed by atoms with E-state index < -0.39 is 11.6 Å². The molecule has 0 bridgehead atoms. The highest BCUT2D eigenvalue weighted by Gasteiger charge is 2.07. The number of ether oxygens (including phenoxy) is 1. The molecule has 1 rings (SSSR count). The zero-order valence-electron chi connectivity index (χ0n) is 9.59. The Morgan fingerprint density at radius 1 is 1.38 bits per heavy atom. The SMILES string of the molecule is CCNCC(C)COc1cc(F)ccc1F. The lowest BCUT2D eigenvalue weighted by Crippen LogP contribution is -2.24. The third-order valence-electron chi connectivity index (χ3n) is 2.16. The van der Waals surface area contributed by atoms with E-state index >= 15 is 0 Å². The molecule has 1 aromatic rings. The Balaban J connectivity index is 2.44. The third kappa shape index (κ3) is 4.14. The van der Waals surface area contributed by atoms with Crippen LogP contribution in [0.5, 0.6) is 5.75 Å². The van der Waals surface area contributed by atoms with Crippen molar-refractivity contribution in [3.05, 3.63) is 29.8 Å². The van der Waals surface area contributed by atoms with Crippen LogP contribution >= 0.6 is 0 Å². The molecule has 0 saturated carbocycles. The van der Waals surface area contributed by atoms with Crippen LogP contribution in [0.15, 0.2) is 18.2 Å². The molecule has 0 heterocycles. The summed E-state index contributed by atoms with van der Waals surface area (Å²) in [7, 11) is 0. The van der Waals surface area contributed by atoms with Gasteiger partial charge in [-0.15, -0.1) is 0 Å². The molecule has 1 aromatic carbocycles. The largest absolute Gasteiger partial charge is 0.490 e. The van der Waals surface area contributed by atoms with Gasteiger partial charge >= 0.3 is 0 Å². The van der Waals surface area contributed by atoms with Gasteiger partial charge in [0.05, 0.1) is 6.61 Å². The van der Waals surface area contributed by atoms with Gasteiger partial charge in [0.15, 0.2) is 11.6 Å². The Hall–Kier alpha value is -1.16. The Morgan fingerprint density at radius 2 is 2.12 bits per heavy atom. The van der Waals surface area contributed by atoms with E-state index in [0.717, 1.165) is 31.3 Å². The first-order valence-corrected chi connectivity index (χ1v) is 5.42. The van der Waals surface area contributed by atoms with Gasteiger partial charge in [-0.1, -0.05) is 13.8 Å². The molecule has 0 aromatic heterocycles. The molecule has 1 unspecified atom stereocenters. The lowest BCUT2D eigenvalue weighted by atomic mass is 10.2. The predicted molar refractivity (Wildman–Crippen MR) is 59.6 cm³/mol. The predicted octanol–water partition coefficient (Wildman–Crippen LogP) is 2.59. The van der Waals surface area contributed by atoms with Gasteiger partial charge in [-0.25, -0.2) is 8.78 Å². The van der Waals surface area contributed by atoms with Crippen molar-refractivity contribution in [3.63, 3.8) is 0 Å². The number of benzene rings is 1. The highest BCUT2D eigenvalue weighted by molar-refractivity contribution is 5.24. The first-order valence-electron chi connectivity index (χ1n) is 5.42. The summed E-state index contributed by atoms with van der Waals surface area (Å²) in [5.41, 5.74) is 0. The number of hydrogen-bond acceptors (Lipinski definition) is 2. The van der Waals surface area contributed by atoms with Gasteiger partial charge in [-0.05, 0) is 18.7 Å². The summed E-state index contributed by atoms with van der Waals surface area (Å²) in [5, 5.41) is 3.16. The van der Waals surface area contributed by atoms with E-state index in [1.165, 1.54) is 0 Å². The van der Waals surface area contributed by atoms with Gasteiger partial charge in [0.2, 0.25) is 0 Å². The first kappa shape index (κ1) is 12.9. The van der Waals surface area contributed by atoms with Crippen LogP contribution < -0.4 is 10.1 Å². The highest BCUT2D eigenvalue weighted by atomic mass is 19.1. The fraction of sp³-hybridized carbons (Fsp3) is 0.500. The van der Waals surface area contributed by atoms with E-state index in [-0.39, 0.29) is 11.7 Å². The molecule has 16 heavy (non-hydrogen) atoms. The van der Waals surface area contributed by atoms with E-state index in [1.54, 1.807) is 0 Å². The molecule has 1 atom stereocenters. The van der Waals surface area contributed by atoms with Crippen LogP contribution in [0.25, 0.3) is 0 Å². The zero-order valence-corrected chi connectivity index (χ0v) is 9.59. The highest BCUT2D eigenvalue weighted by Crippen LogP contribution is 2.18. The van der Waals surface area contributed by atoms with Crippen molar-refractivity contribution >= 4 is 0 Å². The Bertz CT molecular complexity index is 331. The molecule has 2 nitrogen and oxygen atoms in total. The molecule has 0 amide bonds. The minimum absolute atomic E-state index is 0.0247. The van der Waals surface area contributed by atoms with Crippen LogP contribution in [-0.4, -0.2) is 19.7 Å². The zero-order chi connectivity index (χ0) is 12.0. The topological polar surface area (TPSA) is 21.3 Å². The monoisotopic (exact) mass is 229 g/mol. The maximum absolute atomic E-state index is 13.2. The van der Waals surface area contributed by atoms with Crippen molar-refractivity contribution in [3.8, 4) is 5.75 Å². The maximum Gasteiger partial charge on any atom is 0.165 e. The molecule has 90 valence electrons. The van der Waals surface area contributed by atoms with Crippen LogP contribution in [0.3, 0.4) is 0 Å². The van der Waals surface area contributed by atoms with Crippen molar-refractivity contribution in [1.82, 2.24) is 5.32 Å². The standard InChI is InChI=1S/C12H17F2NO/c1-3-15-7-9(2)8-16-12-6-10(13)4-5-11(12)14/h4-6,9,15H,3,7-8H2,1-2H3. The van der Waals surface area contributed by atoms with Crippen molar-refractivity contribution in [1.29, 1.82) is 0 Å². The molecule has 0 fully saturated rings. The van der Waals surface area contributed by atoms with Gasteiger partial charge in [-0.2, -0.15) is 0 Å². The summed E-state index contributed by atoms with van der Waals surface area (Å²) < 4.78 is 31.2. The van der Waals surface area contributed by atoms with E-state index in [4.69, 9.17) is 4.74 Å². The average molecular weight is 229 g/mol. The lowest BCUT2D eigenvalue weighted by molar-refractivity contribution is 0.245. The summed E-state index contributed by atoms with van der Waals surface area (Å²) >= 11 is 0. The van der Waals surface area contributed by atoms with Gasteiger partial charge < -0.3 is 10.1 Å². The summed E-state index contributed by atoms with van der Waals surface area (Å²) in [5.74, 6) is -0.793. The summed E-state index contributed by atoms with van der Waals surface area (Å²) in [6.45, 7) is 6.05. The van der Waals surface area contributed by atoms with Crippen LogP contribution in [0.1, 0.15) is 13.8 Å². The molecule has 0 aliphatic carbocycles. The van der Waals surface area contributed by atoms with Crippen LogP contribution in [-0.2, 0) is 0 Å². The molecule has 0 saturated heterocycles. The molecular weight excluding hydrogens is 212 g/mol. The Morgan fingerprint density at radius 3 is 2.81 bits per heavy atom. The fourth-order valence-corrected chi connectivity index (χ4v) is 1.27. The third-order valence-corrected chi connectivity index (χ3v) is 2.16. The first-order chi connectivity index (χ1) is 7.63. The van der Waals surface area contributed by atoms with E-state index in [1.807, 2.05) is 13.8 Å². The van der Waals surface area contributed by atoms with Crippen molar-refractivity contribution in [2.45, 2.75) is 13.8 Å². The average Bonchev–Trinajstić information content (AvgIpc) is 2.27. The van der Waals surface area contributed by atoms with Crippen molar-refractivity contribution in [2.75, 3.05) is 19.7 Å². The van der Waals surface area contributed by atoms with Gasteiger partial charge in [0.1, 0.15) is 5.82 Å². The minimum atomic E-state index is -0.531. The van der Waals surface area contributed by atoms with Gasteiger partial charge in [0, 0.05) is 18.5 Å². The summed E-state index contributed by atoms with van der Waals surface area (Å²) in [6.07, 6.45) is 0. The second kappa shape index (κ2) is 6.43. The van der Waals surface area contributed by atoms with Crippen LogP contribution in [0.2, 0.25) is 0 Å². The van der Waals surface area contributed by atoms with E-state index in [2.05, 4.69) is 5.32 Å². The lowest BCUT2D eigenvalue weighted by Gasteiger charge is -2.13. The molecule has 4 heteroatoms. The molecule has 0 aliphatic heterocycles. The Labute approximate surface area is 94.6 Å². The maximum atomic E-state index is 13.2. The van der Waals surface area contributed by atoms with Crippen molar-refractivity contribution in [2.24, 2.45) is 5.92 Å². The number of halogens is 2. The van der Waals surface area contributed by atoms with E-state index in [9.17, 15) is 8.78 Å². The van der Waals surface area contributed by atoms with Gasteiger partial charge in [-0.3, -0.25) is 0 Å². The Kier molecular flexibility index (Phi) is 5.19. The summed E-state index contributed by atoms with van der Waals surface area (Å²) in [6, 6.07) is 3.21. The molecule has 0 spiro atoms. The van der Waals surface area contributed by atoms with E-state index in [0.29, 0.717) is 6.61 Å². The quantitative estimate of drug-likeness (QED) is 0.809. The van der Waals surface area contributed by atoms with Gasteiger partial charge in [0.25, 0.3) is 0 Å². The minimum Gasteiger partial charge on any atom is -0.490 e. The smallest absolute Gasteiger partial charge is 0.165 e. The summed E-state index contributed by atoms with van der Waals surface area (Å²) in [4.78, 5) is 0. The molecular formula is C12H17F2NO. The molecule has 1 N–H and O–H groups in total. The number of nitrogens with one attached hydrogen (secondary N) is 1. The number of rotatable bonds is 6. The van der Waals surface area contributed by atoms with Crippen LogP contribution in [0, 0.1) is 17.6 Å². The second-order valence-electron chi connectivity index (χ2n) is 3.80. The fourth-order valence-electron chi connectivity index (χ4n) is 1.27. The normalized spacial score (nSPS) is 12.5. The number of hydrogen-bond donors (Lipinski definition) is 1.